The SMILES string of the molecule is O=C(Cc1ccc(F)cc1)N1CCC(c2ccccc2)C1. The largest absolute Gasteiger partial charge is 0.342 e. The predicted octanol–water partition coefficient (Wildman–Crippen LogP) is 3.38. The summed E-state index contributed by atoms with van der Waals surface area (Å²) in [6, 6.07) is 16.5. The van der Waals surface area contributed by atoms with Crippen LogP contribution in [0.15, 0.2) is 54.6 Å². The van der Waals surface area contributed by atoms with E-state index in [0.29, 0.717) is 12.3 Å². The molecule has 1 amide bonds. The zero-order valence-electron chi connectivity index (χ0n) is 11.8. The Kier molecular flexibility index (Phi) is 4.00. The lowest BCUT2D eigenvalue weighted by molar-refractivity contribution is -0.129. The van der Waals surface area contributed by atoms with Crippen LogP contribution in [-0.2, 0) is 11.2 Å². The van der Waals surface area contributed by atoms with Crippen molar-refractivity contribution in [3.63, 3.8) is 0 Å². The molecule has 1 aliphatic heterocycles. The van der Waals surface area contributed by atoms with Crippen molar-refractivity contribution < 1.29 is 9.18 Å². The van der Waals surface area contributed by atoms with Crippen LogP contribution < -0.4 is 0 Å². The summed E-state index contributed by atoms with van der Waals surface area (Å²) in [6.45, 7) is 1.59. The third kappa shape index (κ3) is 3.30. The molecule has 0 N–H and O–H groups in total. The minimum atomic E-state index is -0.267. The molecule has 0 radical (unpaired) electrons. The normalized spacial score (nSPS) is 18.0. The first-order chi connectivity index (χ1) is 10.2. The van der Waals surface area contributed by atoms with Crippen LogP contribution in [0.1, 0.15) is 23.5 Å². The van der Waals surface area contributed by atoms with Gasteiger partial charge in [-0.2, -0.15) is 0 Å². The number of nitrogens with zero attached hydrogens (tertiary/aromatic N) is 1. The first-order valence-corrected chi connectivity index (χ1v) is 7.29. The smallest absolute Gasteiger partial charge is 0.227 e. The van der Waals surface area contributed by atoms with Crippen molar-refractivity contribution in [2.24, 2.45) is 0 Å². The van der Waals surface area contributed by atoms with Crippen LogP contribution in [0.4, 0.5) is 4.39 Å². The fourth-order valence-electron chi connectivity index (χ4n) is 2.87. The van der Waals surface area contributed by atoms with Crippen molar-refractivity contribution in [1.29, 1.82) is 0 Å². The number of carbonyl (C=O) groups is 1. The van der Waals surface area contributed by atoms with E-state index >= 15 is 0 Å². The number of rotatable bonds is 3. The third-order valence-corrected chi connectivity index (χ3v) is 4.08. The topological polar surface area (TPSA) is 20.3 Å². The highest BCUT2D eigenvalue weighted by Crippen LogP contribution is 2.27. The Hall–Kier alpha value is -2.16. The lowest BCUT2D eigenvalue weighted by Crippen LogP contribution is -2.29. The molecule has 0 aliphatic carbocycles. The molecule has 1 heterocycles. The Morgan fingerprint density at radius 2 is 1.81 bits per heavy atom. The summed E-state index contributed by atoms with van der Waals surface area (Å²) in [4.78, 5) is 14.2. The third-order valence-electron chi connectivity index (χ3n) is 4.08. The highest BCUT2D eigenvalue weighted by atomic mass is 19.1. The van der Waals surface area contributed by atoms with Gasteiger partial charge in [0.15, 0.2) is 0 Å². The number of halogens is 1. The lowest BCUT2D eigenvalue weighted by Gasteiger charge is -2.17. The number of likely N-dealkylation sites (tertiary alicyclic amines) is 1. The fraction of sp³-hybridized carbons (Fsp3) is 0.278. The lowest BCUT2D eigenvalue weighted by atomic mass is 9.99. The molecule has 3 heteroatoms. The van der Waals surface area contributed by atoms with Gasteiger partial charge in [0.05, 0.1) is 6.42 Å². The molecule has 0 spiro atoms. The molecule has 3 rings (SSSR count). The molecule has 0 aromatic heterocycles. The van der Waals surface area contributed by atoms with Gasteiger partial charge in [-0.25, -0.2) is 4.39 Å². The number of carbonyl (C=O) groups excluding carboxylic acids is 1. The average molecular weight is 283 g/mol. The van der Waals surface area contributed by atoms with E-state index in [1.54, 1.807) is 12.1 Å². The fourth-order valence-corrected chi connectivity index (χ4v) is 2.87. The van der Waals surface area contributed by atoms with Crippen LogP contribution in [0.2, 0.25) is 0 Å². The van der Waals surface area contributed by atoms with Gasteiger partial charge in [0.2, 0.25) is 5.91 Å². The number of benzene rings is 2. The molecule has 21 heavy (non-hydrogen) atoms. The van der Waals surface area contributed by atoms with E-state index in [1.807, 2.05) is 23.1 Å². The zero-order chi connectivity index (χ0) is 14.7. The van der Waals surface area contributed by atoms with Crippen molar-refractivity contribution in [2.45, 2.75) is 18.8 Å². The van der Waals surface area contributed by atoms with Gasteiger partial charge < -0.3 is 4.90 Å². The summed E-state index contributed by atoms with van der Waals surface area (Å²) < 4.78 is 12.9. The minimum Gasteiger partial charge on any atom is -0.342 e. The molecule has 1 fully saturated rings. The molecule has 1 unspecified atom stereocenters. The van der Waals surface area contributed by atoms with E-state index in [9.17, 15) is 9.18 Å². The summed E-state index contributed by atoms with van der Waals surface area (Å²) in [6.07, 6.45) is 1.36. The van der Waals surface area contributed by atoms with Gasteiger partial charge in [-0.3, -0.25) is 4.79 Å². The summed E-state index contributed by atoms with van der Waals surface area (Å²) in [5.74, 6) is 0.292. The van der Waals surface area contributed by atoms with Crippen LogP contribution in [0.5, 0.6) is 0 Å². The van der Waals surface area contributed by atoms with Gasteiger partial charge >= 0.3 is 0 Å². The van der Waals surface area contributed by atoms with Gasteiger partial charge in [-0.05, 0) is 29.7 Å². The Balaban J connectivity index is 1.61. The first kappa shape index (κ1) is 13.8. The second kappa shape index (κ2) is 6.08. The van der Waals surface area contributed by atoms with Crippen LogP contribution in [-0.4, -0.2) is 23.9 Å². The monoisotopic (exact) mass is 283 g/mol. The van der Waals surface area contributed by atoms with E-state index in [-0.39, 0.29) is 11.7 Å². The first-order valence-electron chi connectivity index (χ1n) is 7.29. The molecule has 0 saturated carbocycles. The van der Waals surface area contributed by atoms with E-state index in [0.717, 1.165) is 25.1 Å². The molecule has 2 nitrogen and oxygen atoms in total. The second-order valence-electron chi connectivity index (χ2n) is 5.54. The van der Waals surface area contributed by atoms with Crippen molar-refractivity contribution >= 4 is 5.91 Å². The van der Waals surface area contributed by atoms with Crippen molar-refractivity contribution in [1.82, 2.24) is 4.90 Å². The maximum atomic E-state index is 12.9. The van der Waals surface area contributed by atoms with Gasteiger partial charge in [0, 0.05) is 19.0 Å². The number of hydrogen-bond acceptors (Lipinski definition) is 1. The summed E-state index contributed by atoms with van der Waals surface area (Å²) in [5.41, 5.74) is 2.17. The highest BCUT2D eigenvalue weighted by Gasteiger charge is 2.26. The van der Waals surface area contributed by atoms with Gasteiger partial charge in [0.1, 0.15) is 5.82 Å². The number of hydrogen-bond donors (Lipinski definition) is 0. The van der Waals surface area contributed by atoms with Gasteiger partial charge in [-0.15, -0.1) is 0 Å². The quantitative estimate of drug-likeness (QED) is 0.845. The summed E-state index contributed by atoms with van der Waals surface area (Å²) in [5, 5.41) is 0. The molecule has 2 aromatic carbocycles. The molecule has 2 aromatic rings. The average Bonchev–Trinajstić information content (AvgIpc) is 3.00. The minimum absolute atomic E-state index is 0.125. The van der Waals surface area contributed by atoms with Crippen molar-refractivity contribution in [2.75, 3.05) is 13.1 Å². The standard InChI is InChI=1S/C18H18FNO/c19-17-8-6-14(7-9-17)12-18(21)20-11-10-16(13-20)15-4-2-1-3-5-15/h1-9,16H,10-13H2. The van der Waals surface area contributed by atoms with Crippen LogP contribution in [0, 0.1) is 5.82 Å². The van der Waals surface area contributed by atoms with E-state index in [2.05, 4.69) is 12.1 Å². The molecule has 1 aliphatic rings. The Labute approximate surface area is 124 Å². The van der Waals surface area contributed by atoms with Gasteiger partial charge in [0.25, 0.3) is 0 Å². The molecule has 0 bridgehead atoms. The predicted molar refractivity (Wildman–Crippen MR) is 80.5 cm³/mol. The molecule has 108 valence electrons. The van der Waals surface area contributed by atoms with E-state index in [4.69, 9.17) is 0 Å². The van der Waals surface area contributed by atoms with Crippen molar-refractivity contribution in [3.8, 4) is 0 Å². The van der Waals surface area contributed by atoms with Crippen molar-refractivity contribution in [3.05, 3.63) is 71.5 Å². The molecule has 1 saturated heterocycles. The summed E-state index contributed by atoms with van der Waals surface area (Å²) in [7, 11) is 0. The highest BCUT2D eigenvalue weighted by molar-refractivity contribution is 5.79. The molecular weight excluding hydrogens is 265 g/mol. The van der Waals surface area contributed by atoms with E-state index in [1.165, 1.54) is 17.7 Å². The zero-order valence-corrected chi connectivity index (χ0v) is 11.8. The van der Waals surface area contributed by atoms with Crippen LogP contribution in [0.3, 0.4) is 0 Å². The van der Waals surface area contributed by atoms with E-state index < -0.39 is 0 Å². The van der Waals surface area contributed by atoms with Crippen LogP contribution >= 0.6 is 0 Å². The van der Waals surface area contributed by atoms with Crippen LogP contribution in [0.25, 0.3) is 0 Å². The maximum Gasteiger partial charge on any atom is 0.227 e. The van der Waals surface area contributed by atoms with Gasteiger partial charge in [-0.1, -0.05) is 42.5 Å². The Morgan fingerprint density at radius 3 is 2.52 bits per heavy atom. The number of amides is 1. The Bertz CT molecular complexity index is 609. The Morgan fingerprint density at radius 1 is 1.10 bits per heavy atom. The molecular formula is C18H18FNO. The molecule has 1 atom stereocenters. The summed E-state index contributed by atoms with van der Waals surface area (Å²) >= 11 is 0. The maximum absolute atomic E-state index is 12.9. The second-order valence-corrected chi connectivity index (χ2v) is 5.54.